The van der Waals surface area contributed by atoms with E-state index in [4.69, 9.17) is 4.74 Å². The lowest BCUT2D eigenvalue weighted by molar-refractivity contribution is 0.187. The summed E-state index contributed by atoms with van der Waals surface area (Å²) < 4.78 is 10.3. The fourth-order valence-corrected chi connectivity index (χ4v) is 2.25. The van der Waals surface area contributed by atoms with Gasteiger partial charge in [0.15, 0.2) is 0 Å². The van der Waals surface area contributed by atoms with Crippen LogP contribution in [-0.2, 0) is 11.3 Å². The van der Waals surface area contributed by atoms with Crippen LogP contribution in [0.3, 0.4) is 0 Å². The number of nitrogens with zero attached hydrogens (tertiary/aromatic N) is 2. The Kier molecular flexibility index (Phi) is 4.56. The number of rotatable bonds is 4. The number of carbonyl (C=O) groups is 1. The van der Waals surface area contributed by atoms with Gasteiger partial charge in [0.05, 0.1) is 30.0 Å². The van der Waals surface area contributed by atoms with Crippen molar-refractivity contribution in [3.8, 4) is 5.75 Å². The molecule has 3 aromatic rings. The lowest BCUT2D eigenvalue weighted by Crippen LogP contribution is -2.11. The number of benzene rings is 2. The molecule has 0 aliphatic rings. The van der Waals surface area contributed by atoms with E-state index in [2.05, 4.69) is 20.0 Å². The van der Waals surface area contributed by atoms with Gasteiger partial charge in [-0.05, 0) is 42.8 Å². The van der Waals surface area contributed by atoms with Crippen LogP contribution in [0.15, 0.2) is 48.7 Å². The molecule has 0 unspecified atom stereocenters. The van der Waals surface area contributed by atoms with Crippen LogP contribution in [-0.4, -0.2) is 23.2 Å². The first-order valence-corrected chi connectivity index (χ1v) is 7.45. The first-order chi connectivity index (χ1) is 11.7. The summed E-state index contributed by atoms with van der Waals surface area (Å²) in [5, 5.41) is 2.64. The smallest absolute Gasteiger partial charge is 0.411 e. The predicted octanol–water partition coefficient (Wildman–Crippen LogP) is 3.70. The van der Waals surface area contributed by atoms with Crippen LogP contribution in [0.5, 0.6) is 5.75 Å². The van der Waals surface area contributed by atoms with Gasteiger partial charge in [0.2, 0.25) is 0 Å². The van der Waals surface area contributed by atoms with Crippen molar-refractivity contribution in [3.63, 3.8) is 0 Å². The number of para-hydroxylation sites is 2. The average molecular weight is 323 g/mol. The molecule has 0 fully saturated rings. The van der Waals surface area contributed by atoms with Crippen LogP contribution in [0.25, 0.3) is 11.0 Å². The monoisotopic (exact) mass is 323 g/mol. The summed E-state index contributed by atoms with van der Waals surface area (Å²) in [5.41, 5.74) is 4.01. The third kappa shape index (κ3) is 3.60. The minimum absolute atomic E-state index is 0.320. The number of fused-ring (bicyclic) bond motifs is 1. The van der Waals surface area contributed by atoms with Gasteiger partial charge >= 0.3 is 6.09 Å². The van der Waals surface area contributed by atoms with Crippen molar-refractivity contribution in [2.45, 2.75) is 13.5 Å². The van der Waals surface area contributed by atoms with E-state index in [1.54, 1.807) is 18.3 Å². The molecule has 1 amide bonds. The Balaban J connectivity index is 1.69. The van der Waals surface area contributed by atoms with Crippen molar-refractivity contribution < 1.29 is 14.3 Å². The predicted molar refractivity (Wildman–Crippen MR) is 91.1 cm³/mol. The van der Waals surface area contributed by atoms with Gasteiger partial charge in [-0.2, -0.15) is 0 Å². The molecule has 0 aliphatic carbocycles. The van der Waals surface area contributed by atoms with E-state index in [0.29, 0.717) is 18.0 Å². The van der Waals surface area contributed by atoms with Crippen LogP contribution in [0, 0.1) is 6.92 Å². The SMILES string of the molecule is COC(=O)Nc1ccc(OCc2cnc3ccccc3n2)cc1C. The molecule has 1 heterocycles. The third-order valence-corrected chi connectivity index (χ3v) is 3.51. The molecule has 0 bridgehead atoms. The van der Waals surface area contributed by atoms with E-state index in [9.17, 15) is 4.79 Å². The highest BCUT2D eigenvalue weighted by atomic mass is 16.5. The van der Waals surface area contributed by atoms with Gasteiger partial charge < -0.3 is 9.47 Å². The van der Waals surface area contributed by atoms with Gasteiger partial charge in [-0.1, -0.05) is 12.1 Å². The van der Waals surface area contributed by atoms with Gasteiger partial charge in [-0.3, -0.25) is 10.3 Å². The second-order valence-corrected chi connectivity index (χ2v) is 5.23. The molecule has 122 valence electrons. The normalized spacial score (nSPS) is 10.4. The first kappa shape index (κ1) is 15.7. The summed E-state index contributed by atoms with van der Waals surface area (Å²) >= 11 is 0. The summed E-state index contributed by atoms with van der Waals surface area (Å²) in [7, 11) is 1.33. The van der Waals surface area contributed by atoms with Gasteiger partial charge in [-0.25, -0.2) is 9.78 Å². The molecule has 1 aromatic heterocycles. The van der Waals surface area contributed by atoms with Crippen molar-refractivity contribution in [2.24, 2.45) is 0 Å². The first-order valence-electron chi connectivity index (χ1n) is 7.45. The molecule has 0 atom stereocenters. The highest BCUT2D eigenvalue weighted by Crippen LogP contribution is 2.22. The third-order valence-electron chi connectivity index (χ3n) is 3.51. The lowest BCUT2D eigenvalue weighted by Gasteiger charge is -2.10. The summed E-state index contributed by atoms with van der Waals surface area (Å²) in [6.07, 6.45) is 1.21. The Morgan fingerprint density at radius 3 is 2.71 bits per heavy atom. The van der Waals surface area contributed by atoms with Crippen LogP contribution in [0.1, 0.15) is 11.3 Å². The summed E-state index contributed by atoms with van der Waals surface area (Å²) in [5.74, 6) is 0.692. The molecule has 6 nitrogen and oxygen atoms in total. The molecule has 3 rings (SSSR count). The van der Waals surface area contributed by atoms with Gasteiger partial charge in [0, 0.05) is 5.69 Å². The number of anilines is 1. The molecule has 0 aliphatic heterocycles. The number of carbonyl (C=O) groups excluding carboxylic acids is 1. The maximum absolute atomic E-state index is 11.3. The van der Waals surface area contributed by atoms with Crippen molar-refractivity contribution >= 4 is 22.8 Å². The highest BCUT2D eigenvalue weighted by Gasteiger charge is 2.06. The number of ether oxygens (including phenoxy) is 2. The minimum Gasteiger partial charge on any atom is -0.487 e. The molecule has 0 radical (unpaired) electrons. The molecule has 1 N–H and O–H groups in total. The molecule has 0 saturated carbocycles. The number of hydrogen-bond acceptors (Lipinski definition) is 5. The van der Waals surface area contributed by atoms with Crippen LogP contribution in [0.2, 0.25) is 0 Å². The second-order valence-electron chi connectivity index (χ2n) is 5.23. The van der Waals surface area contributed by atoms with Gasteiger partial charge in [-0.15, -0.1) is 0 Å². The zero-order chi connectivity index (χ0) is 16.9. The topological polar surface area (TPSA) is 73.3 Å². The molecular weight excluding hydrogens is 306 g/mol. The quantitative estimate of drug-likeness (QED) is 0.792. The molecular formula is C18H17N3O3. The van der Waals surface area contributed by atoms with Gasteiger partial charge in [0.1, 0.15) is 12.4 Å². The summed E-state index contributed by atoms with van der Waals surface area (Å²) in [6.45, 7) is 2.20. The van der Waals surface area contributed by atoms with Crippen LogP contribution >= 0.6 is 0 Å². The number of methoxy groups -OCH3 is 1. The second kappa shape index (κ2) is 6.95. The van der Waals surface area contributed by atoms with Crippen molar-refractivity contribution in [2.75, 3.05) is 12.4 Å². The lowest BCUT2D eigenvalue weighted by atomic mass is 10.2. The highest BCUT2D eigenvalue weighted by molar-refractivity contribution is 5.85. The Labute approximate surface area is 139 Å². The maximum Gasteiger partial charge on any atom is 0.411 e. The number of nitrogens with one attached hydrogen (secondary N) is 1. The average Bonchev–Trinajstić information content (AvgIpc) is 2.61. The van der Waals surface area contributed by atoms with Crippen molar-refractivity contribution in [1.82, 2.24) is 9.97 Å². The van der Waals surface area contributed by atoms with E-state index in [1.807, 2.05) is 37.3 Å². The Morgan fingerprint density at radius 1 is 1.17 bits per heavy atom. The van der Waals surface area contributed by atoms with Crippen LogP contribution < -0.4 is 10.1 Å². The van der Waals surface area contributed by atoms with E-state index < -0.39 is 6.09 Å². The van der Waals surface area contributed by atoms with E-state index >= 15 is 0 Å². The van der Waals surface area contributed by atoms with E-state index in [1.165, 1.54) is 7.11 Å². The maximum atomic E-state index is 11.3. The standard InChI is InChI=1S/C18H17N3O3/c1-12-9-14(7-8-15(12)21-18(22)23-2)24-11-13-10-19-16-5-3-4-6-17(16)20-13/h3-10H,11H2,1-2H3,(H,21,22). The largest absolute Gasteiger partial charge is 0.487 e. The number of aromatic nitrogens is 2. The Morgan fingerprint density at radius 2 is 1.96 bits per heavy atom. The number of aryl methyl sites for hydroxylation is 1. The fourth-order valence-electron chi connectivity index (χ4n) is 2.25. The van der Waals surface area contributed by atoms with Crippen molar-refractivity contribution in [1.29, 1.82) is 0 Å². The van der Waals surface area contributed by atoms with Crippen molar-refractivity contribution in [3.05, 3.63) is 59.9 Å². The number of amides is 1. The number of hydrogen-bond donors (Lipinski definition) is 1. The summed E-state index contributed by atoms with van der Waals surface area (Å²) in [6, 6.07) is 13.1. The fraction of sp³-hybridized carbons (Fsp3) is 0.167. The van der Waals surface area contributed by atoms with E-state index in [0.717, 1.165) is 22.3 Å². The molecule has 0 spiro atoms. The Hall–Kier alpha value is -3.15. The summed E-state index contributed by atoms with van der Waals surface area (Å²) in [4.78, 5) is 20.1. The van der Waals surface area contributed by atoms with Gasteiger partial charge in [0.25, 0.3) is 0 Å². The van der Waals surface area contributed by atoms with E-state index in [-0.39, 0.29) is 0 Å². The minimum atomic E-state index is -0.502. The zero-order valence-corrected chi connectivity index (χ0v) is 13.4. The Bertz CT molecular complexity index is 880. The van der Waals surface area contributed by atoms with Crippen LogP contribution in [0.4, 0.5) is 10.5 Å². The molecule has 24 heavy (non-hydrogen) atoms. The molecule has 0 saturated heterocycles. The molecule has 2 aromatic carbocycles. The zero-order valence-electron chi connectivity index (χ0n) is 13.4. The molecule has 6 heteroatoms.